The smallest absolute Gasteiger partial charge is 0.327 e. The Morgan fingerprint density at radius 3 is 2.62 bits per heavy atom. The van der Waals surface area contributed by atoms with Gasteiger partial charge in [0.2, 0.25) is 0 Å². The second-order valence-corrected chi connectivity index (χ2v) is 4.55. The molecule has 1 atom stereocenters. The zero-order chi connectivity index (χ0) is 11.8. The van der Waals surface area contributed by atoms with Crippen LogP contribution in [0.2, 0.25) is 0 Å². The summed E-state index contributed by atoms with van der Waals surface area (Å²) in [6, 6.07) is 8.46. The molecule has 0 aromatic heterocycles. The van der Waals surface area contributed by atoms with E-state index >= 15 is 0 Å². The zero-order valence-corrected chi connectivity index (χ0v) is 10.2. The third-order valence-corrected chi connectivity index (χ3v) is 3.17. The maximum absolute atomic E-state index is 11.5. The van der Waals surface area contributed by atoms with E-state index in [1.54, 1.807) is 30.3 Å². The lowest BCUT2D eigenvalue weighted by Crippen LogP contribution is -2.06. The molecule has 1 aromatic rings. The molecule has 0 fully saturated rings. The average Bonchev–Trinajstić information content (AvgIpc) is 2.30. The van der Waals surface area contributed by atoms with Gasteiger partial charge in [-0.3, -0.25) is 13.9 Å². The lowest BCUT2D eigenvalue weighted by molar-refractivity contribution is -0.134. The highest BCUT2D eigenvalue weighted by Crippen LogP contribution is 2.21. The third-order valence-electron chi connectivity index (χ3n) is 1.67. The standard InChI is InChI=1S/C9H10O5P2/c10-9(6-7-13-15-11)14-16(12)8-4-2-1-3-5-8/h1-5,16H,6-7H2. The molecular weight excluding hydrogens is 250 g/mol. The predicted octanol–water partition coefficient (Wildman–Crippen LogP) is 1.94. The van der Waals surface area contributed by atoms with Crippen LogP contribution in [0.15, 0.2) is 30.3 Å². The Balaban J connectivity index is 2.40. The van der Waals surface area contributed by atoms with Crippen LogP contribution in [0, 0.1) is 0 Å². The SMILES string of the molecule is O=POCCC(=O)O[PH](=O)c1ccccc1. The van der Waals surface area contributed by atoms with Gasteiger partial charge in [-0.15, -0.1) is 0 Å². The fraction of sp³-hybridized carbons (Fsp3) is 0.222. The van der Waals surface area contributed by atoms with E-state index in [2.05, 4.69) is 4.52 Å². The maximum atomic E-state index is 11.5. The molecule has 0 aliphatic rings. The van der Waals surface area contributed by atoms with Gasteiger partial charge in [0.05, 0.1) is 13.0 Å². The predicted molar refractivity (Wildman–Crippen MR) is 59.3 cm³/mol. The molecule has 0 amide bonds. The van der Waals surface area contributed by atoms with Gasteiger partial charge in [-0.2, -0.15) is 0 Å². The van der Waals surface area contributed by atoms with Crippen LogP contribution in [0.25, 0.3) is 0 Å². The van der Waals surface area contributed by atoms with Crippen LogP contribution in [0.4, 0.5) is 0 Å². The summed E-state index contributed by atoms with van der Waals surface area (Å²) in [6.07, 6.45) is -0.0710. The van der Waals surface area contributed by atoms with E-state index in [9.17, 15) is 13.9 Å². The summed E-state index contributed by atoms with van der Waals surface area (Å²) >= 11 is 0. The Hall–Kier alpha value is -1.02. The summed E-state index contributed by atoms with van der Waals surface area (Å²) in [6.45, 7) is -0.0200. The van der Waals surface area contributed by atoms with E-state index in [1.807, 2.05) is 0 Å². The molecule has 0 radical (unpaired) electrons. The summed E-state index contributed by atoms with van der Waals surface area (Å²) in [5, 5.41) is 0.490. The number of carbonyl (C=O) groups excluding carboxylic acids is 1. The van der Waals surface area contributed by atoms with E-state index in [4.69, 9.17) is 4.52 Å². The summed E-state index contributed by atoms with van der Waals surface area (Å²) in [5.74, 6) is -0.628. The van der Waals surface area contributed by atoms with Gasteiger partial charge in [0.25, 0.3) is 8.03 Å². The largest absolute Gasteiger partial charge is 0.410 e. The van der Waals surface area contributed by atoms with Gasteiger partial charge in [0.15, 0.2) is 0 Å². The molecular formula is C9H10O5P2. The summed E-state index contributed by atoms with van der Waals surface area (Å²) in [7, 11) is -3.02. The van der Waals surface area contributed by atoms with Crippen molar-refractivity contribution in [1.29, 1.82) is 0 Å². The number of hydrogen-bond acceptors (Lipinski definition) is 5. The Bertz CT molecular complexity index is 379. The molecule has 5 nitrogen and oxygen atoms in total. The first-order chi connectivity index (χ1) is 7.74. The van der Waals surface area contributed by atoms with Crippen molar-refractivity contribution in [2.45, 2.75) is 6.42 Å². The van der Waals surface area contributed by atoms with Crippen molar-refractivity contribution in [2.24, 2.45) is 0 Å². The number of benzene rings is 1. The monoisotopic (exact) mass is 260 g/mol. The van der Waals surface area contributed by atoms with Crippen molar-refractivity contribution in [1.82, 2.24) is 0 Å². The Kier molecular flexibility index (Phi) is 5.94. The van der Waals surface area contributed by atoms with E-state index in [-0.39, 0.29) is 13.0 Å². The molecule has 1 unspecified atom stereocenters. The minimum atomic E-state index is -2.54. The Labute approximate surface area is 94.9 Å². The fourth-order valence-electron chi connectivity index (χ4n) is 0.954. The Morgan fingerprint density at radius 1 is 1.31 bits per heavy atom. The van der Waals surface area contributed by atoms with Crippen molar-refractivity contribution in [3.05, 3.63) is 30.3 Å². The van der Waals surface area contributed by atoms with Crippen molar-refractivity contribution in [2.75, 3.05) is 6.61 Å². The molecule has 0 spiro atoms. The van der Waals surface area contributed by atoms with E-state index in [0.29, 0.717) is 5.30 Å². The van der Waals surface area contributed by atoms with Crippen LogP contribution < -0.4 is 5.30 Å². The van der Waals surface area contributed by atoms with Crippen molar-refractivity contribution in [3.8, 4) is 0 Å². The number of rotatable bonds is 6. The van der Waals surface area contributed by atoms with E-state index in [1.165, 1.54) is 0 Å². The molecule has 0 saturated carbocycles. The molecule has 0 heterocycles. The lowest BCUT2D eigenvalue weighted by atomic mass is 10.4. The van der Waals surface area contributed by atoms with Crippen molar-refractivity contribution >= 4 is 28.0 Å². The zero-order valence-electron chi connectivity index (χ0n) is 8.29. The highest BCUT2D eigenvalue weighted by Gasteiger charge is 2.09. The molecule has 0 bridgehead atoms. The van der Waals surface area contributed by atoms with Crippen LogP contribution >= 0.6 is 16.7 Å². The van der Waals surface area contributed by atoms with Gasteiger partial charge < -0.3 is 4.52 Å². The summed E-state index contributed by atoms with van der Waals surface area (Å²) in [4.78, 5) is 11.1. The Morgan fingerprint density at radius 2 is 2.00 bits per heavy atom. The van der Waals surface area contributed by atoms with Crippen LogP contribution in [-0.2, 0) is 23.0 Å². The summed E-state index contributed by atoms with van der Waals surface area (Å²) in [5.41, 5.74) is 0. The van der Waals surface area contributed by atoms with Gasteiger partial charge in [-0.05, 0) is 12.1 Å². The molecule has 0 aliphatic carbocycles. The van der Waals surface area contributed by atoms with Crippen molar-refractivity contribution in [3.63, 3.8) is 0 Å². The van der Waals surface area contributed by atoms with Gasteiger partial charge in [-0.1, -0.05) is 18.2 Å². The minimum Gasteiger partial charge on any atom is -0.410 e. The van der Waals surface area contributed by atoms with E-state index < -0.39 is 22.7 Å². The third kappa shape index (κ3) is 4.67. The van der Waals surface area contributed by atoms with Gasteiger partial charge >= 0.3 is 14.7 Å². The molecule has 1 rings (SSSR count). The number of carbonyl (C=O) groups is 1. The van der Waals surface area contributed by atoms with E-state index in [0.717, 1.165) is 0 Å². The highest BCUT2D eigenvalue weighted by atomic mass is 31.1. The molecule has 1 aromatic carbocycles. The second-order valence-electron chi connectivity index (χ2n) is 2.79. The van der Waals surface area contributed by atoms with Crippen LogP contribution in [0.3, 0.4) is 0 Å². The van der Waals surface area contributed by atoms with Crippen molar-refractivity contribution < 1.29 is 23.0 Å². The first-order valence-electron chi connectivity index (χ1n) is 4.48. The molecule has 0 saturated heterocycles. The second kappa shape index (κ2) is 7.29. The van der Waals surface area contributed by atoms with Crippen LogP contribution in [-0.4, -0.2) is 12.6 Å². The molecule has 0 aliphatic heterocycles. The molecule has 86 valence electrons. The highest BCUT2D eigenvalue weighted by molar-refractivity contribution is 7.48. The van der Waals surface area contributed by atoms with Crippen LogP contribution in [0.1, 0.15) is 6.42 Å². The van der Waals surface area contributed by atoms with Gasteiger partial charge in [0.1, 0.15) is 0 Å². The normalized spacial score (nSPS) is 12.2. The average molecular weight is 260 g/mol. The fourth-order valence-corrected chi connectivity index (χ4v) is 2.01. The lowest BCUT2D eigenvalue weighted by Gasteiger charge is -2.03. The first kappa shape index (κ1) is 13.0. The van der Waals surface area contributed by atoms with Gasteiger partial charge in [-0.25, -0.2) is 4.57 Å². The molecule has 7 heteroatoms. The quantitative estimate of drug-likeness (QED) is 0.577. The van der Waals surface area contributed by atoms with Gasteiger partial charge in [0, 0.05) is 5.30 Å². The maximum Gasteiger partial charge on any atom is 0.327 e. The topological polar surface area (TPSA) is 69.7 Å². The number of hydrogen-bond donors (Lipinski definition) is 0. The molecule has 0 N–H and O–H groups in total. The van der Waals surface area contributed by atoms with Crippen LogP contribution in [0.5, 0.6) is 0 Å². The summed E-state index contributed by atoms with van der Waals surface area (Å²) < 4.78 is 30.5. The molecule has 16 heavy (non-hydrogen) atoms. The minimum absolute atomic E-state index is 0.0200. The first-order valence-corrected chi connectivity index (χ1v) is 6.53.